The number of aliphatic hydroxyl groups is 1. The van der Waals surface area contributed by atoms with Crippen molar-refractivity contribution in [3.8, 4) is 0 Å². The van der Waals surface area contributed by atoms with Crippen molar-refractivity contribution < 1.29 is 31.4 Å². The van der Waals surface area contributed by atoms with Crippen LogP contribution in [0.4, 0.5) is 26.3 Å². The number of hydrogen-bond acceptors (Lipinski definition) is 3. The predicted molar refractivity (Wildman–Crippen MR) is 83.5 cm³/mol. The number of rotatable bonds is 2. The molecule has 3 atom stereocenters. The third-order valence-electron chi connectivity index (χ3n) is 4.65. The van der Waals surface area contributed by atoms with Crippen molar-refractivity contribution in [3.63, 3.8) is 0 Å². The lowest BCUT2D eigenvalue weighted by Gasteiger charge is -2.40. The summed E-state index contributed by atoms with van der Waals surface area (Å²) < 4.78 is 76.5. The van der Waals surface area contributed by atoms with E-state index >= 15 is 0 Å². The van der Waals surface area contributed by atoms with Gasteiger partial charge >= 0.3 is 12.4 Å². The first-order valence-electron chi connectivity index (χ1n) is 8.17. The Hall–Kier alpha value is -2.07. The molecule has 0 aliphatic carbocycles. The molecule has 1 aliphatic rings. The molecular formula is C17H17F6N3O. The summed E-state index contributed by atoms with van der Waals surface area (Å²) in [5.41, 5.74) is -3.06. The summed E-state index contributed by atoms with van der Waals surface area (Å²) in [5.74, 6) is 0.0132. The van der Waals surface area contributed by atoms with E-state index in [2.05, 4.69) is 15.3 Å². The lowest BCUT2D eigenvalue weighted by atomic mass is 9.78. The van der Waals surface area contributed by atoms with E-state index in [1.807, 2.05) is 0 Å². The highest BCUT2D eigenvalue weighted by Gasteiger charge is 2.42. The average Bonchev–Trinajstić information content (AvgIpc) is 3.04. The number of nitrogens with one attached hydrogen (secondary N) is 2. The van der Waals surface area contributed by atoms with Gasteiger partial charge in [-0.3, -0.25) is 0 Å². The Morgan fingerprint density at radius 1 is 1.04 bits per heavy atom. The molecule has 2 heterocycles. The second-order valence-electron chi connectivity index (χ2n) is 6.82. The van der Waals surface area contributed by atoms with E-state index in [0.717, 1.165) is 12.1 Å². The molecule has 1 aromatic carbocycles. The van der Waals surface area contributed by atoms with Crippen LogP contribution in [0.5, 0.6) is 0 Å². The first-order chi connectivity index (χ1) is 12.4. The van der Waals surface area contributed by atoms with Gasteiger partial charge in [0.1, 0.15) is 11.5 Å². The quantitative estimate of drug-likeness (QED) is 0.672. The van der Waals surface area contributed by atoms with Crippen LogP contribution in [0.3, 0.4) is 0 Å². The highest BCUT2D eigenvalue weighted by atomic mass is 19.4. The van der Waals surface area contributed by atoms with E-state index < -0.39 is 35.3 Å². The molecule has 2 aromatic rings. The Labute approximate surface area is 150 Å². The van der Waals surface area contributed by atoms with E-state index in [9.17, 15) is 31.4 Å². The second-order valence-corrected chi connectivity index (χ2v) is 6.82. The number of nitrogens with zero attached hydrogens (tertiary/aromatic N) is 1. The molecular weight excluding hydrogens is 376 g/mol. The summed E-state index contributed by atoms with van der Waals surface area (Å²) in [5, 5.41) is 14.1. The van der Waals surface area contributed by atoms with E-state index in [0.29, 0.717) is 6.20 Å². The minimum absolute atomic E-state index is 0.0132. The summed E-state index contributed by atoms with van der Waals surface area (Å²) in [4.78, 5) is 5.95. The number of benzene rings is 1. The van der Waals surface area contributed by atoms with E-state index in [1.165, 1.54) is 12.1 Å². The fourth-order valence-electron chi connectivity index (χ4n) is 3.43. The van der Waals surface area contributed by atoms with E-state index in [1.54, 1.807) is 6.92 Å². The van der Waals surface area contributed by atoms with Crippen LogP contribution in [0.25, 0.3) is 0 Å². The molecule has 27 heavy (non-hydrogen) atoms. The number of piperidine rings is 1. The van der Waals surface area contributed by atoms with Crippen molar-refractivity contribution in [2.75, 3.05) is 0 Å². The first kappa shape index (κ1) is 19.7. The summed E-state index contributed by atoms with van der Waals surface area (Å²) in [6.07, 6.45) is -8.23. The highest BCUT2D eigenvalue weighted by Crippen LogP contribution is 2.41. The van der Waals surface area contributed by atoms with E-state index in [4.69, 9.17) is 0 Å². The van der Waals surface area contributed by atoms with Gasteiger partial charge in [0.15, 0.2) is 0 Å². The molecule has 0 amide bonds. The maximum Gasteiger partial charge on any atom is 0.432 e. The molecule has 3 N–H and O–H groups in total. The van der Waals surface area contributed by atoms with Gasteiger partial charge in [0, 0.05) is 12.5 Å². The number of hydrogen-bond donors (Lipinski definition) is 3. The molecule has 10 heteroatoms. The zero-order chi connectivity index (χ0) is 20.0. The van der Waals surface area contributed by atoms with Gasteiger partial charge < -0.3 is 15.4 Å². The first-order valence-corrected chi connectivity index (χ1v) is 8.17. The molecule has 4 nitrogen and oxygen atoms in total. The van der Waals surface area contributed by atoms with Gasteiger partial charge in [0.25, 0.3) is 0 Å². The minimum atomic E-state index is -4.57. The number of imidazole rings is 1. The van der Waals surface area contributed by atoms with Crippen molar-refractivity contribution in [3.05, 3.63) is 53.1 Å². The molecule has 0 spiro atoms. The maximum absolute atomic E-state index is 12.8. The molecule has 1 saturated heterocycles. The van der Waals surface area contributed by atoms with Crippen LogP contribution >= 0.6 is 0 Å². The molecule has 0 saturated carbocycles. The molecule has 1 unspecified atom stereocenters. The van der Waals surface area contributed by atoms with Crippen molar-refractivity contribution in [1.29, 1.82) is 0 Å². The maximum atomic E-state index is 12.8. The van der Waals surface area contributed by atoms with Crippen LogP contribution in [0.1, 0.15) is 48.5 Å². The standard InChI is InChI=1S/C17H17F6N3O/c1-9-6-15(27,10-2-4-11(5-3-10)16(18,19)20)7-12(25-9)14-24-8-13(26-14)17(21,22)23/h2-5,8-9,12,25,27H,6-7H2,1H3,(H,24,26)/t9-,12-,15?/m0/s1. The van der Waals surface area contributed by atoms with Crippen LogP contribution in [0, 0.1) is 0 Å². The Morgan fingerprint density at radius 2 is 1.67 bits per heavy atom. The Morgan fingerprint density at radius 3 is 2.19 bits per heavy atom. The third kappa shape index (κ3) is 4.11. The van der Waals surface area contributed by atoms with Gasteiger partial charge in [0.2, 0.25) is 0 Å². The molecule has 3 rings (SSSR count). The van der Waals surface area contributed by atoms with Crippen LogP contribution in [0.2, 0.25) is 0 Å². The van der Waals surface area contributed by atoms with Gasteiger partial charge in [-0.05, 0) is 31.0 Å². The smallest absolute Gasteiger partial charge is 0.385 e. The SMILES string of the molecule is C[C@H]1CC(O)(c2ccc(C(F)(F)F)cc2)C[C@@H](c2ncc(C(F)(F)F)[nH]2)N1. The number of halogens is 6. The second kappa shape index (κ2) is 6.52. The lowest BCUT2D eigenvalue weighted by molar-refractivity contribution is -0.141. The van der Waals surface area contributed by atoms with Crippen LogP contribution < -0.4 is 5.32 Å². The monoisotopic (exact) mass is 393 g/mol. The van der Waals surface area contributed by atoms with Gasteiger partial charge in [-0.15, -0.1) is 0 Å². The zero-order valence-electron chi connectivity index (χ0n) is 14.1. The predicted octanol–water partition coefficient (Wildman–Crippen LogP) is 4.15. The average molecular weight is 393 g/mol. The molecule has 1 aromatic heterocycles. The Bertz CT molecular complexity index is 798. The van der Waals surface area contributed by atoms with Crippen molar-refractivity contribution in [1.82, 2.24) is 15.3 Å². The zero-order valence-corrected chi connectivity index (χ0v) is 14.1. The van der Waals surface area contributed by atoms with Crippen LogP contribution in [-0.2, 0) is 18.0 Å². The summed E-state index contributed by atoms with van der Waals surface area (Å²) in [6, 6.07) is 3.14. The number of aromatic amines is 1. The number of H-pyrrole nitrogens is 1. The highest BCUT2D eigenvalue weighted by molar-refractivity contribution is 5.30. The molecule has 0 bridgehead atoms. The van der Waals surface area contributed by atoms with E-state index in [-0.39, 0.29) is 30.3 Å². The van der Waals surface area contributed by atoms with Crippen LogP contribution in [0.15, 0.2) is 30.5 Å². The van der Waals surface area contributed by atoms with Gasteiger partial charge in [-0.2, -0.15) is 26.3 Å². The number of alkyl halides is 6. The minimum Gasteiger partial charge on any atom is -0.385 e. The summed E-state index contributed by atoms with van der Waals surface area (Å²) >= 11 is 0. The molecule has 1 fully saturated rings. The number of aromatic nitrogens is 2. The fraction of sp³-hybridized carbons (Fsp3) is 0.471. The van der Waals surface area contributed by atoms with Crippen molar-refractivity contribution >= 4 is 0 Å². The largest absolute Gasteiger partial charge is 0.432 e. The normalized spacial score (nSPS) is 27.0. The topological polar surface area (TPSA) is 60.9 Å². The fourth-order valence-corrected chi connectivity index (χ4v) is 3.43. The molecule has 1 aliphatic heterocycles. The van der Waals surface area contributed by atoms with Crippen molar-refractivity contribution in [2.24, 2.45) is 0 Å². The Balaban J connectivity index is 1.86. The molecule has 0 radical (unpaired) electrons. The Kier molecular flexibility index (Phi) is 4.75. The van der Waals surface area contributed by atoms with Gasteiger partial charge in [-0.1, -0.05) is 12.1 Å². The summed E-state index contributed by atoms with van der Waals surface area (Å²) in [6.45, 7) is 1.73. The third-order valence-corrected chi connectivity index (χ3v) is 4.65. The van der Waals surface area contributed by atoms with Crippen LogP contribution in [-0.4, -0.2) is 21.1 Å². The van der Waals surface area contributed by atoms with Crippen molar-refractivity contribution in [2.45, 2.75) is 49.8 Å². The molecule has 148 valence electrons. The van der Waals surface area contributed by atoms with Gasteiger partial charge in [-0.25, -0.2) is 4.98 Å². The summed E-state index contributed by atoms with van der Waals surface area (Å²) in [7, 11) is 0. The van der Waals surface area contributed by atoms with Gasteiger partial charge in [0.05, 0.1) is 23.4 Å². The lowest BCUT2D eigenvalue weighted by Crippen LogP contribution is -2.47.